The van der Waals surface area contributed by atoms with Crippen LogP contribution in [0.1, 0.15) is 39.2 Å². The van der Waals surface area contributed by atoms with Crippen molar-refractivity contribution in [2.45, 2.75) is 52.4 Å². The molecule has 0 radical (unpaired) electrons. The molecule has 2 rings (SSSR count). The molecule has 0 saturated carbocycles. The third-order valence-corrected chi connectivity index (χ3v) is 4.44. The van der Waals surface area contributed by atoms with E-state index in [1.165, 1.54) is 6.07 Å². The van der Waals surface area contributed by atoms with Crippen molar-refractivity contribution in [2.24, 2.45) is 0 Å². The molecule has 0 aliphatic carbocycles. The fourth-order valence-corrected chi connectivity index (χ4v) is 3.39. The van der Waals surface area contributed by atoms with Crippen LogP contribution in [0.15, 0.2) is 18.2 Å². The number of morpholine rings is 1. The van der Waals surface area contributed by atoms with Gasteiger partial charge in [-0.25, -0.2) is 0 Å². The molecular formula is C19H31N3O4. The minimum absolute atomic E-state index is 0.0980. The molecule has 146 valence electrons. The summed E-state index contributed by atoms with van der Waals surface area (Å²) in [6.45, 7) is 11.2. The van der Waals surface area contributed by atoms with Crippen molar-refractivity contribution in [3.8, 4) is 5.75 Å². The maximum Gasteiger partial charge on any atom is 0.270 e. The SMILES string of the molecule is CCOc1ccc([N+](=O)[O-])cc1CNCCCCN1CC(C)OC(C)C1. The Labute approximate surface area is 155 Å². The van der Waals surface area contributed by atoms with Gasteiger partial charge in [0.05, 0.1) is 23.7 Å². The number of hydrogen-bond donors (Lipinski definition) is 1. The highest BCUT2D eigenvalue weighted by Gasteiger charge is 2.21. The highest BCUT2D eigenvalue weighted by Crippen LogP contribution is 2.24. The Morgan fingerprint density at radius 1 is 1.31 bits per heavy atom. The van der Waals surface area contributed by atoms with E-state index in [2.05, 4.69) is 24.1 Å². The second-order valence-corrected chi connectivity index (χ2v) is 6.88. The van der Waals surface area contributed by atoms with Gasteiger partial charge in [0.2, 0.25) is 0 Å². The molecule has 1 heterocycles. The highest BCUT2D eigenvalue weighted by atomic mass is 16.6. The van der Waals surface area contributed by atoms with Crippen LogP contribution in [0.5, 0.6) is 5.75 Å². The van der Waals surface area contributed by atoms with Crippen LogP contribution in [0, 0.1) is 10.1 Å². The van der Waals surface area contributed by atoms with Crippen LogP contribution in [-0.4, -0.2) is 54.8 Å². The summed E-state index contributed by atoms with van der Waals surface area (Å²) in [5, 5.41) is 14.3. The monoisotopic (exact) mass is 365 g/mol. The van der Waals surface area contributed by atoms with Gasteiger partial charge in [0.1, 0.15) is 5.75 Å². The van der Waals surface area contributed by atoms with E-state index in [4.69, 9.17) is 9.47 Å². The lowest BCUT2D eigenvalue weighted by atomic mass is 10.1. The van der Waals surface area contributed by atoms with Gasteiger partial charge in [-0.05, 0) is 52.8 Å². The van der Waals surface area contributed by atoms with Gasteiger partial charge in [-0.1, -0.05) is 0 Å². The van der Waals surface area contributed by atoms with E-state index in [1.54, 1.807) is 12.1 Å². The first kappa shape index (κ1) is 20.6. The summed E-state index contributed by atoms with van der Waals surface area (Å²) in [5.41, 5.74) is 0.928. The molecule has 1 saturated heterocycles. The number of rotatable bonds is 10. The normalized spacial score (nSPS) is 20.9. The molecule has 0 aromatic heterocycles. The van der Waals surface area contributed by atoms with Crippen LogP contribution < -0.4 is 10.1 Å². The van der Waals surface area contributed by atoms with Crippen molar-refractivity contribution in [1.82, 2.24) is 10.2 Å². The van der Waals surface area contributed by atoms with E-state index in [0.717, 1.165) is 44.6 Å². The molecule has 1 aliphatic heterocycles. The number of hydrogen-bond acceptors (Lipinski definition) is 6. The molecule has 7 nitrogen and oxygen atoms in total. The zero-order valence-electron chi connectivity index (χ0n) is 16.1. The Morgan fingerprint density at radius 3 is 2.69 bits per heavy atom. The Hall–Kier alpha value is -1.70. The molecule has 2 unspecified atom stereocenters. The van der Waals surface area contributed by atoms with Crippen LogP contribution >= 0.6 is 0 Å². The maximum absolute atomic E-state index is 11.0. The smallest absolute Gasteiger partial charge is 0.270 e. The van der Waals surface area contributed by atoms with Crippen LogP contribution in [0.2, 0.25) is 0 Å². The van der Waals surface area contributed by atoms with Crippen molar-refractivity contribution < 1.29 is 14.4 Å². The van der Waals surface area contributed by atoms with E-state index in [-0.39, 0.29) is 10.6 Å². The largest absolute Gasteiger partial charge is 0.494 e. The number of nitro groups is 1. The number of benzene rings is 1. The Bertz CT molecular complexity index is 572. The van der Waals surface area contributed by atoms with Crippen molar-refractivity contribution in [3.63, 3.8) is 0 Å². The van der Waals surface area contributed by atoms with Gasteiger partial charge < -0.3 is 14.8 Å². The Balaban J connectivity index is 1.72. The van der Waals surface area contributed by atoms with E-state index in [0.29, 0.717) is 31.1 Å². The summed E-state index contributed by atoms with van der Waals surface area (Å²) in [4.78, 5) is 13.1. The summed E-state index contributed by atoms with van der Waals surface area (Å²) in [6.07, 6.45) is 2.81. The summed E-state index contributed by atoms with van der Waals surface area (Å²) >= 11 is 0. The van der Waals surface area contributed by atoms with Gasteiger partial charge in [0.25, 0.3) is 5.69 Å². The van der Waals surface area contributed by atoms with Crippen molar-refractivity contribution >= 4 is 5.69 Å². The summed E-state index contributed by atoms with van der Waals surface area (Å²) < 4.78 is 11.3. The van der Waals surface area contributed by atoms with Crippen molar-refractivity contribution in [2.75, 3.05) is 32.8 Å². The topological polar surface area (TPSA) is 76.9 Å². The zero-order valence-corrected chi connectivity index (χ0v) is 16.1. The van der Waals surface area contributed by atoms with Gasteiger partial charge in [-0.3, -0.25) is 15.0 Å². The predicted octanol–water partition coefficient (Wildman–Crippen LogP) is 2.97. The number of nitrogens with one attached hydrogen (secondary N) is 1. The lowest BCUT2D eigenvalue weighted by molar-refractivity contribution is -0.384. The molecule has 2 atom stereocenters. The van der Waals surface area contributed by atoms with E-state index in [9.17, 15) is 10.1 Å². The molecular weight excluding hydrogens is 334 g/mol. The maximum atomic E-state index is 11.0. The van der Waals surface area contributed by atoms with Crippen LogP contribution in [0.25, 0.3) is 0 Å². The van der Waals surface area contributed by atoms with Gasteiger partial charge in [-0.15, -0.1) is 0 Å². The van der Waals surface area contributed by atoms with E-state index in [1.807, 2.05) is 6.92 Å². The molecule has 1 aromatic carbocycles. The van der Waals surface area contributed by atoms with Crippen molar-refractivity contribution in [3.05, 3.63) is 33.9 Å². The molecule has 7 heteroatoms. The Morgan fingerprint density at radius 2 is 2.04 bits per heavy atom. The standard InChI is InChI=1S/C19H31N3O4/c1-4-25-19-8-7-18(22(23)24)11-17(19)12-20-9-5-6-10-21-13-15(2)26-16(3)14-21/h7-8,11,15-16,20H,4-6,9-10,12-14H2,1-3H3. The lowest BCUT2D eigenvalue weighted by Crippen LogP contribution is -2.45. The van der Waals surface area contributed by atoms with Gasteiger partial charge in [-0.2, -0.15) is 0 Å². The lowest BCUT2D eigenvalue weighted by Gasteiger charge is -2.35. The predicted molar refractivity (Wildman–Crippen MR) is 102 cm³/mol. The van der Waals surface area contributed by atoms with Gasteiger partial charge >= 0.3 is 0 Å². The fourth-order valence-electron chi connectivity index (χ4n) is 3.39. The van der Waals surface area contributed by atoms with E-state index < -0.39 is 0 Å². The first-order valence-corrected chi connectivity index (χ1v) is 9.48. The van der Waals surface area contributed by atoms with Gasteiger partial charge in [0.15, 0.2) is 0 Å². The summed E-state index contributed by atoms with van der Waals surface area (Å²) in [7, 11) is 0. The molecule has 1 aromatic rings. The zero-order chi connectivity index (χ0) is 18.9. The van der Waals surface area contributed by atoms with Crippen molar-refractivity contribution in [1.29, 1.82) is 0 Å². The average molecular weight is 365 g/mol. The summed E-state index contributed by atoms with van der Waals surface area (Å²) in [5.74, 6) is 0.710. The number of non-ortho nitro benzene ring substituents is 1. The number of ether oxygens (including phenoxy) is 2. The minimum Gasteiger partial charge on any atom is -0.494 e. The molecule has 1 aliphatic rings. The fraction of sp³-hybridized carbons (Fsp3) is 0.684. The Kier molecular flexibility index (Phi) is 8.28. The second kappa shape index (κ2) is 10.4. The quantitative estimate of drug-likeness (QED) is 0.390. The first-order valence-electron chi connectivity index (χ1n) is 9.48. The van der Waals surface area contributed by atoms with Crippen LogP contribution in [-0.2, 0) is 11.3 Å². The number of nitro benzene ring substituents is 1. The third kappa shape index (κ3) is 6.55. The molecule has 1 fully saturated rings. The van der Waals surface area contributed by atoms with Crippen LogP contribution in [0.4, 0.5) is 5.69 Å². The van der Waals surface area contributed by atoms with Crippen LogP contribution in [0.3, 0.4) is 0 Å². The van der Waals surface area contributed by atoms with E-state index >= 15 is 0 Å². The highest BCUT2D eigenvalue weighted by molar-refractivity contribution is 5.43. The third-order valence-electron chi connectivity index (χ3n) is 4.44. The molecule has 0 amide bonds. The minimum atomic E-state index is -0.371. The van der Waals surface area contributed by atoms with Gasteiger partial charge in [0, 0.05) is 37.3 Å². The summed E-state index contributed by atoms with van der Waals surface area (Å²) in [6, 6.07) is 4.76. The average Bonchev–Trinajstić information content (AvgIpc) is 2.58. The molecule has 26 heavy (non-hydrogen) atoms. The first-order chi connectivity index (χ1) is 12.5. The molecule has 1 N–H and O–H groups in total. The second-order valence-electron chi connectivity index (χ2n) is 6.88. The number of nitrogens with zero attached hydrogens (tertiary/aromatic N) is 2. The molecule has 0 spiro atoms. The number of unbranched alkanes of at least 4 members (excludes halogenated alkanes) is 1. The molecule has 0 bridgehead atoms.